The van der Waals surface area contributed by atoms with E-state index in [1.54, 1.807) is 0 Å². The van der Waals surface area contributed by atoms with E-state index in [0.29, 0.717) is 5.38 Å². The number of hydrogen-bond acceptors (Lipinski definition) is 1. The van der Waals surface area contributed by atoms with Crippen LogP contribution in [0.1, 0.15) is 46.0 Å². The normalized spacial score (nSPS) is 13.2. The Balaban J connectivity index is 2.82. The fourth-order valence-corrected chi connectivity index (χ4v) is 1.21. The molecular formula is C10H22ClN. The first-order valence-corrected chi connectivity index (χ1v) is 5.55. The molecule has 0 aliphatic rings. The summed E-state index contributed by atoms with van der Waals surface area (Å²) in [6, 6.07) is 0. The standard InChI is InChI=1S/C10H22ClN/c1-3-4-5-6-8-12-9-7-10(2)11/h10,12H,3-9H2,1-2H3. The maximum atomic E-state index is 5.80. The van der Waals surface area contributed by atoms with Gasteiger partial charge in [-0.1, -0.05) is 26.2 Å². The number of halogens is 1. The zero-order valence-electron chi connectivity index (χ0n) is 8.41. The highest BCUT2D eigenvalue weighted by atomic mass is 35.5. The lowest BCUT2D eigenvalue weighted by molar-refractivity contribution is 0.584. The van der Waals surface area contributed by atoms with Crippen LogP contribution < -0.4 is 5.32 Å². The van der Waals surface area contributed by atoms with Crippen LogP contribution in [0.5, 0.6) is 0 Å². The summed E-state index contributed by atoms with van der Waals surface area (Å²) in [5.74, 6) is 0. The van der Waals surface area contributed by atoms with Crippen LogP contribution >= 0.6 is 11.6 Å². The molecule has 0 aliphatic carbocycles. The molecular weight excluding hydrogens is 170 g/mol. The molecule has 0 saturated carbocycles. The van der Waals surface area contributed by atoms with Crippen molar-refractivity contribution in [1.82, 2.24) is 5.32 Å². The molecule has 0 aromatic heterocycles. The summed E-state index contributed by atoms with van der Waals surface area (Å²) in [6.07, 6.45) is 6.44. The monoisotopic (exact) mass is 191 g/mol. The topological polar surface area (TPSA) is 12.0 Å². The quantitative estimate of drug-likeness (QED) is 0.459. The van der Waals surface area contributed by atoms with Crippen LogP contribution in [0.3, 0.4) is 0 Å². The van der Waals surface area contributed by atoms with E-state index in [-0.39, 0.29) is 0 Å². The molecule has 0 aromatic carbocycles. The third-order valence-corrected chi connectivity index (χ3v) is 2.14. The average Bonchev–Trinajstić information content (AvgIpc) is 2.02. The lowest BCUT2D eigenvalue weighted by atomic mass is 10.2. The molecule has 1 nitrogen and oxygen atoms in total. The first kappa shape index (κ1) is 12.2. The molecule has 74 valence electrons. The zero-order chi connectivity index (χ0) is 9.23. The Morgan fingerprint density at radius 1 is 1.17 bits per heavy atom. The molecule has 0 radical (unpaired) electrons. The molecule has 1 atom stereocenters. The Kier molecular flexibility index (Phi) is 9.53. The molecule has 0 amide bonds. The third-order valence-electron chi connectivity index (χ3n) is 1.93. The largest absolute Gasteiger partial charge is 0.317 e. The molecule has 2 heteroatoms. The Hall–Kier alpha value is 0.250. The first-order valence-electron chi connectivity index (χ1n) is 5.12. The van der Waals surface area contributed by atoms with E-state index in [0.717, 1.165) is 19.5 Å². The van der Waals surface area contributed by atoms with Crippen LogP contribution in [0.25, 0.3) is 0 Å². The van der Waals surface area contributed by atoms with E-state index in [1.807, 2.05) is 6.92 Å². The summed E-state index contributed by atoms with van der Waals surface area (Å²) in [7, 11) is 0. The number of hydrogen-bond donors (Lipinski definition) is 1. The Labute approximate surface area is 81.9 Å². The smallest absolute Gasteiger partial charge is 0.0319 e. The predicted molar refractivity (Wildman–Crippen MR) is 56.9 cm³/mol. The van der Waals surface area contributed by atoms with E-state index >= 15 is 0 Å². The van der Waals surface area contributed by atoms with Crippen molar-refractivity contribution in [3.05, 3.63) is 0 Å². The van der Waals surface area contributed by atoms with E-state index < -0.39 is 0 Å². The highest BCUT2D eigenvalue weighted by Crippen LogP contribution is 1.99. The summed E-state index contributed by atoms with van der Waals surface area (Å²) in [5, 5.41) is 3.70. The lowest BCUT2D eigenvalue weighted by Gasteiger charge is -2.04. The Bertz CT molecular complexity index is 83.9. The third kappa shape index (κ3) is 10.2. The molecule has 0 aromatic rings. The van der Waals surface area contributed by atoms with Gasteiger partial charge in [0.25, 0.3) is 0 Å². The number of alkyl halides is 1. The maximum absolute atomic E-state index is 5.80. The van der Waals surface area contributed by atoms with Gasteiger partial charge in [0, 0.05) is 5.38 Å². The van der Waals surface area contributed by atoms with Crippen LogP contribution in [0.15, 0.2) is 0 Å². The van der Waals surface area contributed by atoms with Gasteiger partial charge in [-0.05, 0) is 32.9 Å². The summed E-state index contributed by atoms with van der Waals surface area (Å²) in [6.45, 7) is 6.50. The minimum Gasteiger partial charge on any atom is -0.317 e. The van der Waals surface area contributed by atoms with Gasteiger partial charge in [-0.3, -0.25) is 0 Å². The van der Waals surface area contributed by atoms with Crippen molar-refractivity contribution in [3.63, 3.8) is 0 Å². The van der Waals surface area contributed by atoms with Crippen LogP contribution in [0.4, 0.5) is 0 Å². The molecule has 0 heterocycles. The van der Waals surface area contributed by atoms with Gasteiger partial charge in [-0.25, -0.2) is 0 Å². The number of unbranched alkanes of at least 4 members (excludes halogenated alkanes) is 3. The fraction of sp³-hybridized carbons (Fsp3) is 1.00. The highest BCUT2D eigenvalue weighted by Gasteiger charge is 1.94. The van der Waals surface area contributed by atoms with Crippen molar-refractivity contribution in [2.45, 2.75) is 51.3 Å². The van der Waals surface area contributed by atoms with Crippen LogP contribution in [-0.4, -0.2) is 18.5 Å². The van der Waals surface area contributed by atoms with E-state index in [2.05, 4.69) is 12.2 Å². The second-order valence-electron chi connectivity index (χ2n) is 3.38. The van der Waals surface area contributed by atoms with Crippen molar-refractivity contribution >= 4 is 11.6 Å². The average molecular weight is 192 g/mol. The van der Waals surface area contributed by atoms with Gasteiger partial charge in [0.15, 0.2) is 0 Å². The van der Waals surface area contributed by atoms with Crippen LogP contribution in [-0.2, 0) is 0 Å². The second kappa shape index (κ2) is 9.34. The number of nitrogens with one attached hydrogen (secondary N) is 1. The van der Waals surface area contributed by atoms with Gasteiger partial charge < -0.3 is 5.32 Å². The highest BCUT2D eigenvalue weighted by molar-refractivity contribution is 6.20. The first-order chi connectivity index (χ1) is 5.77. The predicted octanol–water partition coefficient (Wildman–Crippen LogP) is 3.17. The fourth-order valence-electron chi connectivity index (χ4n) is 1.10. The van der Waals surface area contributed by atoms with Crippen molar-refractivity contribution < 1.29 is 0 Å². The van der Waals surface area contributed by atoms with Crippen molar-refractivity contribution in [2.24, 2.45) is 0 Å². The molecule has 0 bridgehead atoms. The van der Waals surface area contributed by atoms with E-state index in [4.69, 9.17) is 11.6 Å². The second-order valence-corrected chi connectivity index (χ2v) is 4.13. The molecule has 12 heavy (non-hydrogen) atoms. The molecule has 1 N–H and O–H groups in total. The molecule has 0 rings (SSSR count). The Morgan fingerprint density at radius 2 is 1.92 bits per heavy atom. The van der Waals surface area contributed by atoms with Crippen molar-refractivity contribution in [1.29, 1.82) is 0 Å². The summed E-state index contributed by atoms with van der Waals surface area (Å²) in [4.78, 5) is 0. The van der Waals surface area contributed by atoms with Gasteiger partial charge in [-0.2, -0.15) is 0 Å². The minimum absolute atomic E-state index is 0.313. The van der Waals surface area contributed by atoms with E-state index in [9.17, 15) is 0 Å². The van der Waals surface area contributed by atoms with Crippen molar-refractivity contribution in [2.75, 3.05) is 13.1 Å². The molecule has 1 unspecified atom stereocenters. The minimum atomic E-state index is 0.313. The van der Waals surface area contributed by atoms with Gasteiger partial charge in [0.2, 0.25) is 0 Å². The van der Waals surface area contributed by atoms with E-state index in [1.165, 1.54) is 25.7 Å². The zero-order valence-corrected chi connectivity index (χ0v) is 9.16. The van der Waals surface area contributed by atoms with Crippen LogP contribution in [0.2, 0.25) is 0 Å². The van der Waals surface area contributed by atoms with Gasteiger partial charge >= 0.3 is 0 Å². The summed E-state index contributed by atoms with van der Waals surface area (Å²) < 4.78 is 0. The van der Waals surface area contributed by atoms with Crippen LogP contribution in [0, 0.1) is 0 Å². The van der Waals surface area contributed by atoms with Crippen molar-refractivity contribution in [3.8, 4) is 0 Å². The molecule has 0 aliphatic heterocycles. The maximum Gasteiger partial charge on any atom is 0.0319 e. The van der Waals surface area contributed by atoms with Gasteiger partial charge in [0.05, 0.1) is 0 Å². The summed E-state index contributed by atoms with van der Waals surface area (Å²) >= 11 is 5.80. The summed E-state index contributed by atoms with van der Waals surface area (Å²) in [5.41, 5.74) is 0. The number of rotatable bonds is 8. The lowest BCUT2D eigenvalue weighted by Crippen LogP contribution is -2.18. The van der Waals surface area contributed by atoms with Gasteiger partial charge in [-0.15, -0.1) is 11.6 Å². The van der Waals surface area contributed by atoms with Gasteiger partial charge in [0.1, 0.15) is 0 Å². The Morgan fingerprint density at radius 3 is 2.50 bits per heavy atom. The SMILES string of the molecule is CCCCCCNCCC(C)Cl. The molecule has 0 fully saturated rings. The molecule has 0 saturated heterocycles. The molecule has 0 spiro atoms.